The van der Waals surface area contributed by atoms with E-state index in [0.29, 0.717) is 0 Å². The Kier molecular flexibility index (Phi) is 2.99. The van der Waals surface area contributed by atoms with Gasteiger partial charge in [-0.3, -0.25) is 0 Å². The van der Waals surface area contributed by atoms with E-state index in [0.717, 1.165) is 16.6 Å². The van der Waals surface area contributed by atoms with E-state index in [9.17, 15) is 5.11 Å². The number of aromatic hydroxyl groups is 1. The molecule has 0 bridgehead atoms. The van der Waals surface area contributed by atoms with E-state index in [1.807, 2.05) is 53.7 Å². The summed E-state index contributed by atoms with van der Waals surface area (Å²) in [6, 6.07) is 3.88. The molecule has 0 unspecified atom stereocenters. The second kappa shape index (κ2) is 4.00. The zero-order valence-electron chi connectivity index (χ0n) is 12.0. The molecular weight excluding hydrogens is 227 g/mol. The summed E-state index contributed by atoms with van der Waals surface area (Å²) in [6.07, 6.45) is 0. The minimum Gasteiger partial charge on any atom is -0.508 e. The minimum atomic E-state index is -0.505. The molecule has 4 heteroatoms. The molecule has 98 valence electrons. The van der Waals surface area contributed by atoms with Crippen molar-refractivity contribution in [2.45, 2.75) is 52.7 Å². The number of hydrogen-bond donors (Lipinski definition) is 1. The van der Waals surface area contributed by atoms with Gasteiger partial charge in [0.1, 0.15) is 5.75 Å². The van der Waals surface area contributed by atoms with Crippen LogP contribution in [0.2, 0.25) is 0 Å². The Morgan fingerprint density at radius 3 is 1.89 bits per heavy atom. The number of phenols is 1. The lowest BCUT2D eigenvalue weighted by Crippen LogP contribution is -2.41. The van der Waals surface area contributed by atoms with Crippen molar-refractivity contribution in [2.75, 3.05) is 0 Å². The fourth-order valence-electron chi connectivity index (χ4n) is 2.08. The molecule has 1 fully saturated rings. The molecule has 0 aliphatic carbocycles. The zero-order chi connectivity index (χ0) is 13.7. The van der Waals surface area contributed by atoms with Gasteiger partial charge in [-0.1, -0.05) is 12.1 Å². The predicted octanol–water partition coefficient (Wildman–Crippen LogP) is 2.31. The Morgan fingerprint density at radius 1 is 0.944 bits per heavy atom. The molecular formula is C14H21BO3. The van der Waals surface area contributed by atoms with Crippen LogP contribution in [0.3, 0.4) is 0 Å². The van der Waals surface area contributed by atoms with Gasteiger partial charge in [0.25, 0.3) is 0 Å². The van der Waals surface area contributed by atoms with Gasteiger partial charge < -0.3 is 14.4 Å². The highest BCUT2D eigenvalue weighted by Gasteiger charge is 2.52. The van der Waals surface area contributed by atoms with Gasteiger partial charge in [-0.25, -0.2) is 0 Å². The Hall–Kier alpha value is -0.995. The average Bonchev–Trinajstić information content (AvgIpc) is 2.43. The maximum atomic E-state index is 10.2. The number of aryl methyl sites for hydroxylation is 2. The molecule has 1 aromatic rings. The molecule has 1 saturated heterocycles. The van der Waals surface area contributed by atoms with Crippen LogP contribution in [0, 0.1) is 13.8 Å². The number of rotatable bonds is 1. The molecule has 1 aromatic carbocycles. The minimum absolute atomic E-state index is 0.272. The lowest BCUT2D eigenvalue weighted by Gasteiger charge is -2.32. The molecule has 1 aliphatic heterocycles. The Bertz CT molecular complexity index is 464. The number of phenolic OH excluding ortho intramolecular Hbond substituents is 1. The van der Waals surface area contributed by atoms with E-state index < -0.39 is 7.12 Å². The predicted molar refractivity (Wildman–Crippen MR) is 73.3 cm³/mol. The van der Waals surface area contributed by atoms with Gasteiger partial charge in [-0.2, -0.15) is 0 Å². The molecule has 1 aliphatic rings. The SMILES string of the molecule is Cc1ccc(C)c(B2OC(C)(C)C(C)(C)O2)c1O. The quantitative estimate of drug-likeness (QED) is 0.775. The monoisotopic (exact) mass is 248 g/mol. The van der Waals surface area contributed by atoms with Crippen LogP contribution in [0.25, 0.3) is 0 Å². The third-order valence-corrected chi connectivity index (χ3v) is 4.13. The molecule has 18 heavy (non-hydrogen) atoms. The van der Waals surface area contributed by atoms with E-state index >= 15 is 0 Å². The van der Waals surface area contributed by atoms with Crippen molar-refractivity contribution in [3.05, 3.63) is 23.3 Å². The lowest BCUT2D eigenvalue weighted by atomic mass is 9.74. The second-order valence-electron chi connectivity index (χ2n) is 6.05. The van der Waals surface area contributed by atoms with Crippen LogP contribution < -0.4 is 5.46 Å². The summed E-state index contributed by atoms with van der Waals surface area (Å²) < 4.78 is 12.0. The zero-order valence-corrected chi connectivity index (χ0v) is 12.0. The first kappa shape index (κ1) is 13.4. The van der Waals surface area contributed by atoms with Gasteiger partial charge in [0.15, 0.2) is 0 Å². The van der Waals surface area contributed by atoms with Gasteiger partial charge >= 0.3 is 7.12 Å². The highest BCUT2D eigenvalue weighted by atomic mass is 16.7. The van der Waals surface area contributed by atoms with Crippen molar-refractivity contribution in [2.24, 2.45) is 0 Å². The van der Waals surface area contributed by atoms with Crippen LogP contribution in [-0.2, 0) is 9.31 Å². The maximum Gasteiger partial charge on any atom is 0.498 e. The van der Waals surface area contributed by atoms with Gasteiger partial charge in [-0.15, -0.1) is 0 Å². The van der Waals surface area contributed by atoms with Crippen LogP contribution in [0.4, 0.5) is 0 Å². The Morgan fingerprint density at radius 2 is 1.39 bits per heavy atom. The number of benzene rings is 1. The summed E-state index contributed by atoms with van der Waals surface area (Å²) in [5.41, 5.74) is 1.79. The third kappa shape index (κ3) is 1.93. The molecule has 0 saturated carbocycles. The summed E-state index contributed by atoms with van der Waals surface area (Å²) in [5, 5.41) is 10.2. The van der Waals surface area contributed by atoms with Crippen LogP contribution >= 0.6 is 0 Å². The molecule has 3 nitrogen and oxygen atoms in total. The van der Waals surface area contributed by atoms with E-state index in [1.165, 1.54) is 0 Å². The highest BCUT2D eigenvalue weighted by Crippen LogP contribution is 2.37. The van der Waals surface area contributed by atoms with Crippen LogP contribution in [-0.4, -0.2) is 23.4 Å². The van der Waals surface area contributed by atoms with Gasteiger partial charge in [0.2, 0.25) is 0 Å². The maximum absolute atomic E-state index is 10.2. The second-order valence-corrected chi connectivity index (χ2v) is 6.05. The standard InChI is InChI=1S/C14H21BO3/c1-9-7-8-10(2)12(16)11(9)15-17-13(3,4)14(5,6)18-15/h7-8,16H,1-6H3. The normalized spacial score (nSPS) is 21.3. The molecule has 2 rings (SSSR count). The smallest absolute Gasteiger partial charge is 0.498 e. The molecule has 0 radical (unpaired) electrons. The first-order valence-corrected chi connectivity index (χ1v) is 6.30. The van der Waals surface area contributed by atoms with Crippen molar-refractivity contribution in [1.82, 2.24) is 0 Å². The summed E-state index contributed by atoms with van der Waals surface area (Å²) in [7, 11) is -0.505. The van der Waals surface area contributed by atoms with Crippen molar-refractivity contribution < 1.29 is 14.4 Å². The summed E-state index contributed by atoms with van der Waals surface area (Å²) in [5.74, 6) is 0.272. The van der Waals surface area contributed by atoms with Gasteiger partial charge in [-0.05, 0) is 52.7 Å². The first-order valence-electron chi connectivity index (χ1n) is 6.30. The van der Waals surface area contributed by atoms with E-state index in [-0.39, 0.29) is 17.0 Å². The largest absolute Gasteiger partial charge is 0.508 e. The molecule has 0 spiro atoms. The van der Waals surface area contributed by atoms with Crippen molar-refractivity contribution >= 4 is 12.6 Å². The van der Waals surface area contributed by atoms with Crippen LogP contribution in [0.5, 0.6) is 5.75 Å². The van der Waals surface area contributed by atoms with E-state index in [4.69, 9.17) is 9.31 Å². The summed E-state index contributed by atoms with van der Waals surface area (Å²) in [4.78, 5) is 0. The topological polar surface area (TPSA) is 38.7 Å². The first-order chi connectivity index (χ1) is 8.16. The van der Waals surface area contributed by atoms with E-state index in [2.05, 4.69) is 0 Å². The molecule has 1 N–H and O–H groups in total. The molecule has 0 atom stereocenters. The fraction of sp³-hybridized carbons (Fsp3) is 0.571. The summed E-state index contributed by atoms with van der Waals surface area (Å²) in [6.45, 7) is 11.9. The van der Waals surface area contributed by atoms with Crippen molar-refractivity contribution in [3.63, 3.8) is 0 Å². The Labute approximate surface area is 109 Å². The Balaban J connectivity index is 2.44. The third-order valence-electron chi connectivity index (χ3n) is 4.13. The average molecular weight is 248 g/mol. The molecule has 1 heterocycles. The number of hydrogen-bond acceptors (Lipinski definition) is 3. The van der Waals surface area contributed by atoms with Crippen molar-refractivity contribution in [1.29, 1.82) is 0 Å². The van der Waals surface area contributed by atoms with Gasteiger partial charge in [0, 0.05) is 5.46 Å². The molecule has 0 amide bonds. The fourth-order valence-corrected chi connectivity index (χ4v) is 2.08. The molecule has 0 aromatic heterocycles. The lowest BCUT2D eigenvalue weighted by molar-refractivity contribution is 0.00578. The van der Waals surface area contributed by atoms with E-state index in [1.54, 1.807) is 0 Å². The van der Waals surface area contributed by atoms with Crippen molar-refractivity contribution in [3.8, 4) is 5.75 Å². The van der Waals surface area contributed by atoms with Crippen LogP contribution in [0.15, 0.2) is 12.1 Å². The highest BCUT2D eigenvalue weighted by molar-refractivity contribution is 6.63. The van der Waals surface area contributed by atoms with Gasteiger partial charge in [0.05, 0.1) is 11.2 Å². The summed E-state index contributed by atoms with van der Waals surface area (Å²) >= 11 is 0. The van der Waals surface area contributed by atoms with Crippen LogP contribution in [0.1, 0.15) is 38.8 Å².